The molecule has 1 saturated carbocycles. The summed E-state index contributed by atoms with van der Waals surface area (Å²) >= 11 is 0. The zero-order valence-corrected chi connectivity index (χ0v) is 12.7. The summed E-state index contributed by atoms with van der Waals surface area (Å²) < 4.78 is 0. The number of hydrogen-bond donors (Lipinski definition) is 3. The third-order valence-corrected chi connectivity index (χ3v) is 4.03. The van der Waals surface area contributed by atoms with Crippen LogP contribution in [0, 0.1) is 16.0 Å². The largest absolute Gasteiger partial charge is 0.369 e. The van der Waals surface area contributed by atoms with Crippen molar-refractivity contribution >= 4 is 23.3 Å². The van der Waals surface area contributed by atoms with Crippen LogP contribution in [0.4, 0.5) is 16.2 Å². The number of rotatable bonds is 4. The third-order valence-electron chi connectivity index (χ3n) is 4.03. The first kappa shape index (κ1) is 16.7. The van der Waals surface area contributed by atoms with Crippen LogP contribution in [0.25, 0.3) is 0 Å². The summed E-state index contributed by atoms with van der Waals surface area (Å²) in [6.07, 6.45) is 4.27. The number of nitro benzene ring substituents is 1. The molecule has 2 rings (SSSR count). The van der Waals surface area contributed by atoms with Crippen LogP contribution in [0.3, 0.4) is 0 Å². The highest BCUT2D eigenvalue weighted by atomic mass is 16.6. The van der Waals surface area contributed by atoms with E-state index >= 15 is 0 Å². The van der Waals surface area contributed by atoms with Gasteiger partial charge in [-0.3, -0.25) is 14.9 Å². The molecule has 1 aliphatic carbocycles. The Morgan fingerprint density at radius 3 is 2.39 bits per heavy atom. The van der Waals surface area contributed by atoms with Gasteiger partial charge >= 0.3 is 6.03 Å². The van der Waals surface area contributed by atoms with Gasteiger partial charge in [-0.15, -0.1) is 0 Å². The minimum absolute atomic E-state index is 0.0477. The van der Waals surface area contributed by atoms with Gasteiger partial charge in [0.1, 0.15) is 0 Å². The summed E-state index contributed by atoms with van der Waals surface area (Å²) in [5.74, 6) is -0.757. The average molecular weight is 320 g/mol. The summed E-state index contributed by atoms with van der Waals surface area (Å²) in [6.45, 7) is 0. The molecule has 3 amide bonds. The number of nitrogens with zero attached hydrogens (tertiary/aromatic N) is 1. The molecule has 2 atom stereocenters. The van der Waals surface area contributed by atoms with Crippen LogP contribution in [-0.2, 0) is 4.79 Å². The van der Waals surface area contributed by atoms with E-state index < -0.39 is 16.9 Å². The molecular formula is C15H20N4O4. The SMILES string of the molecule is NC(=O)[C@@H]1CCCCC[C@H]1NC(=O)Nc1ccc([N+](=O)[O-])cc1. The van der Waals surface area contributed by atoms with E-state index in [0.29, 0.717) is 18.5 Å². The van der Waals surface area contributed by atoms with Gasteiger partial charge in [-0.2, -0.15) is 0 Å². The van der Waals surface area contributed by atoms with Crippen LogP contribution in [0.5, 0.6) is 0 Å². The number of nitrogens with one attached hydrogen (secondary N) is 2. The average Bonchev–Trinajstić information content (AvgIpc) is 2.73. The van der Waals surface area contributed by atoms with Crippen molar-refractivity contribution in [3.8, 4) is 0 Å². The monoisotopic (exact) mass is 320 g/mol. The molecule has 1 fully saturated rings. The Morgan fingerprint density at radius 1 is 1.13 bits per heavy atom. The lowest BCUT2D eigenvalue weighted by atomic mass is 9.94. The molecule has 0 aliphatic heterocycles. The van der Waals surface area contributed by atoms with Gasteiger partial charge in [-0.1, -0.05) is 19.3 Å². The van der Waals surface area contributed by atoms with Gasteiger partial charge in [-0.25, -0.2) is 4.79 Å². The first-order chi connectivity index (χ1) is 11.0. The fraction of sp³-hybridized carbons (Fsp3) is 0.467. The van der Waals surface area contributed by atoms with E-state index in [0.717, 1.165) is 19.3 Å². The maximum atomic E-state index is 12.1. The molecule has 0 spiro atoms. The summed E-state index contributed by atoms with van der Waals surface area (Å²) in [7, 11) is 0. The van der Waals surface area contributed by atoms with E-state index in [4.69, 9.17) is 5.73 Å². The topological polar surface area (TPSA) is 127 Å². The second kappa shape index (κ2) is 7.57. The van der Waals surface area contributed by atoms with E-state index in [1.807, 2.05) is 0 Å². The Balaban J connectivity index is 1.97. The predicted molar refractivity (Wildman–Crippen MR) is 84.8 cm³/mol. The first-order valence-electron chi connectivity index (χ1n) is 7.58. The number of benzene rings is 1. The zero-order valence-electron chi connectivity index (χ0n) is 12.7. The molecule has 1 aliphatic rings. The number of amides is 3. The van der Waals surface area contributed by atoms with Crippen molar-refractivity contribution in [3.05, 3.63) is 34.4 Å². The molecule has 0 radical (unpaired) electrons. The van der Waals surface area contributed by atoms with Gasteiger partial charge in [0.15, 0.2) is 0 Å². The minimum atomic E-state index is -0.507. The van der Waals surface area contributed by atoms with Crippen LogP contribution in [-0.4, -0.2) is 22.9 Å². The van der Waals surface area contributed by atoms with E-state index in [1.165, 1.54) is 24.3 Å². The second-order valence-electron chi connectivity index (χ2n) is 5.66. The van der Waals surface area contributed by atoms with Crippen molar-refractivity contribution in [3.63, 3.8) is 0 Å². The Bertz CT molecular complexity index is 588. The Morgan fingerprint density at radius 2 is 1.78 bits per heavy atom. The molecule has 124 valence electrons. The molecule has 0 heterocycles. The zero-order chi connectivity index (χ0) is 16.8. The molecular weight excluding hydrogens is 300 g/mol. The number of carbonyl (C=O) groups is 2. The lowest BCUT2D eigenvalue weighted by Gasteiger charge is -2.23. The summed E-state index contributed by atoms with van der Waals surface area (Å²) in [6, 6.07) is 4.80. The molecule has 0 bridgehead atoms. The van der Waals surface area contributed by atoms with Crippen molar-refractivity contribution < 1.29 is 14.5 Å². The molecule has 0 aromatic heterocycles. The van der Waals surface area contributed by atoms with Crippen LogP contribution in [0.2, 0.25) is 0 Å². The van der Waals surface area contributed by atoms with Crippen molar-refractivity contribution in [1.82, 2.24) is 5.32 Å². The van der Waals surface area contributed by atoms with Gasteiger partial charge in [0.25, 0.3) is 5.69 Å². The summed E-state index contributed by atoms with van der Waals surface area (Å²) in [4.78, 5) is 33.7. The molecule has 0 unspecified atom stereocenters. The number of hydrogen-bond acceptors (Lipinski definition) is 4. The normalized spacial score (nSPS) is 21.0. The molecule has 23 heavy (non-hydrogen) atoms. The number of primary amides is 1. The van der Waals surface area contributed by atoms with Gasteiger partial charge < -0.3 is 16.4 Å². The number of non-ortho nitro benzene ring substituents is 1. The highest BCUT2D eigenvalue weighted by molar-refractivity contribution is 5.90. The van der Waals surface area contributed by atoms with E-state index in [1.54, 1.807) is 0 Å². The fourth-order valence-corrected chi connectivity index (χ4v) is 2.82. The fourth-order valence-electron chi connectivity index (χ4n) is 2.82. The summed E-state index contributed by atoms with van der Waals surface area (Å²) in [5.41, 5.74) is 5.82. The molecule has 1 aromatic carbocycles. The van der Waals surface area contributed by atoms with Gasteiger partial charge in [0, 0.05) is 23.9 Å². The Hall–Kier alpha value is -2.64. The maximum absolute atomic E-state index is 12.1. The lowest BCUT2D eigenvalue weighted by Crippen LogP contribution is -2.46. The van der Waals surface area contributed by atoms with Gasteiger partial charge in [0.05, 0.1) is 10.8 Å². The number of anilines is 1. The molecule has 4 N–H and O–H groups in total. The van der Waals surface area contributed by atoms with Gasteiger partial charge in [-0.05, 0) is 25.0 Å². The summed E-state index contributed by atoms with van der Waals surface area (Å²) in [5, 5.41) is 16.0. The molecule has 8 heteroatoms. The van der Waals surface area contributed by atoms with Crippen LogP contribution < -0.4 is 16.4 Å². The molecule has 8 nitrogen and oxygen atoms in total. The van der Waals surface area contributed by atoms with Crippen LogP contribution in [0.15, 0.2) is 24.3 Å². The number of nitro groups is 1. The lowest BCUT2D eigenvalue weighted by molar-refractivity contribution is -0.384. The van der Waals surface area contributed by atoms with Crippen molar-refractivity contribution in [2.75, 3.05) is 5.32 Å². The number of carbonyl (C=O) groups excluding carboxylic acids is 2. The van der Waals surface area contributed by atoms with Crippen molar-refractivity contribution in [1.29, 1.82) is 0 Å². The second-order valence-corrected chi connectivity index (χ2v) is 5.66. The molecule has 0 saturated heterocycles. The third kappa shape index (κ3) is 4.67. The quantitative estimate of drug-likeness (QED) is 0.446. The smallest absolute Gasteiger partial charge is 0.319 e. The standard InChI is InChI=1S/C15H20N4O4/c16-14(20)12-4-2-1-3-5-13(12)18-15(21)17-10-6-8-11(9-7-10)19(22)23/h6-9,12-13H,1-5H2,(H2,16,20)(H2,17,18,21)/t12-,13-/m1/s1. The predicted octanol–water partition coefficient (Wildman–Crippen LogP) is 2.15. The Kier molecular flexibility index (Phi) is 5.51. The van der Waals surface area contributed by atoms with E-state index in [9.17, 15) is 19.7 Å². The first-order valence-corrected chi connectivity index (χ1v) is 7.58. The maximum Gasteiger partial charge on any atom is 0.319 e. The number of urea groups is 1. The van der Waals surface area contributed by atoms with E-state index in [2.05, 4.69) is 10.6 Å². The van der Waals surface area contributed by atoms with E-state index in [-0.39, 0.29) is 17.6 Å². The van der Waals surface area contributed by atoms with Crippen LogP contribution in [0.1, 0.15) is 32.1 Å². The highest BCUT2D eigenvalue weighted by Crippen LogP contribution is 2.23. The molecule has 1 aromatic rings. The van der Waals surface area contributed by atoms with Crippen LogP contribution >= 0.6 is 0 Å². The van der Waals surface area contributed by atoms with Crippen molar-refractivity contribution in [2.24, 2.45) is 11.7 Å². The Labute approximate surface area is 133 Å². The highest BCUT2D eigenvalue weighted by Gasteiger charge is 2.29. The number of nitrogens with two attached hydrogens (primary N) is 1. The van der Waals surface area contributed by atoms with Crippen molar-refractivity contribution in [2.45, 2.75) is 38.1 Å². The van der Waals surface area contributed by atoms with Gasteiger partial charge in [0.2, 0.25) is 5.91 Å². The minimum Gasteiger partial charge on any atom is -0.369 e.